The zero-order valence-corrected chi connectivity index (χ0v) is 14.7. The number of thiophene rings is 1. The zero-order valence-electron chi connectivity index (χ0n) is 13.9. The van der Waals surface area contributed by atoms with Crippen molar-refractivity contribution in [3.63, 3.8) is 0 Å². The molecule has 130 valence electrons. The molecular weight excluding hydrogens is 338 g/mol. The van der Waals surface area contributed by atoms with E-state index in [1.807, 2.05) is 29.6 Å². The molecule has 0 fully saturated rings. The van der Waals surface area contributed by atoms with Crippen LogP contribution in [-0.4, -0.2) is 15.5 Å². The lowest BCUT2D eigenvalue weighted by Gasteiger charge is -2.06. The first kappa shape index (κ1) is 17.2. The summed E-state index contributed by atoms with van der Waals surface area (Å²) in [6.45, 7) is 2.25. The lowest BCUT2D eigenvalue weighted by Crippen LogP contribution is -2.35. The van der Waals surface area contributed by atoms with Crippen LogP contribution in [0.2, 0.25) is 0 Å². The molecule has 0 spiro atoms. The largest absolute Gasteiger partial charge is 0.370 e. The third-order valence-electron chi connectivity index (χ3n) is 4.19. The molecule has 3 N–H and O–H groups in total. The van der Waals surface area contributed by atoms with E-state index in [1.165, 1.54) is 16.9 Å². The molecule has 0 aliphatic carbocycles. The summed E-state index contributed by atoms with van der Waals surface area (Å²) in [7, 11) is 0. The molecule has 7 heteroatoms. The Balaban J connectivity index is 2.07. The number of nitrogens with one attached hydrogen (secondary N) is 1. The number of carbonyl (C=O) groups is 1. The Kier molecular flexibility index (Phi) is 4.85. The van der Waals surface area contributed by atoms with Crippen LogP contribution in [-0.2, 0) is 17.8 Å². The molecular formula is C18H19N3O3S. The number of fused-ring (bicyclic) bond motifs is 1. The van der Waals surface area contributed by atoms with Gasteiger partial charge >= 0.3 is 5.69 Å². The van der Waals surface area contributed by atoms with Crippen LogP contribution >= 0.6 is 11.3 Å². The number of aromatic amines is 1. The van der Waals surface area contributed by atoms with Crippen LogP contribution in [0, 0.1) is 0 Å². The molecule has 0 unspecified atom stereocenters. The molecule has 3 aromatic rings. The summed E-state index contributed by atoms with van der Waals surface area (Å²) < 4.78 is 1.14. The maximum Gasteiger partial charge on any atom is 0.329 e. The predicted octanol–water partition coefficient (Wildman–Crippen LogP) is 2.25. The van der Waals surface area contributed by atoms with Crippen molar-refractivity contribution in [2.24, 2.45) is 5.73 Å². The number of aryl methyl sites for hydroxylation is 1. The molecule has 1 aromatic carbocycles. The summed E-state index contributed by atoms with van der Waals surface area (Å²) in [5.41, 5.74) is 7.30. The van der Waals surface area contributed by atoms with Crippen LogP contribution in [0.3, 0.4) is 0 Å². The number of amides is 1. The molecule has 25 heavy (non-hydrogen) atoms. The second kappa shape index (κ2) is 7.06. The van der Waals surface area contributed by atoms with Crippen molar-refractivity contribution in [3.8, 4) is 11.1 Å². The Hall–Kier alpha value is -2.67. The third-order valence-corrected chi connectivity index (χ3v) is 5.09. The van der Waals surface area contributed by atoms with E-state index >= 15 is 0 Å². The van der Waals surface area contributed by atoms with E-state index in [1.54, 1.807) is 0 Å². The number of hydrogen-bond donors (Lipinski definition) is 2. The molecule has 0 aliphatic rings. The van der Waals surface area contributed by atoms with Gasteiger partial charge in [0.15, 0.2) is 0 Å². The van der Waals surface area contributed by atoms with E-state index < -0.39 is 11.6 Å². The molecule has 0 saturated carbocycles. The van der Waals surface area contributed by atoms with Crippen LogP contribution < -0.4 is 17.0 Å². The maximum atomic E-state index is 12.8. The van der Waals surface area contributed by atoms with Gasteiger partial charge in [0.05, 0.1) is 5.39 Å². The summed E-state index contributed by atoms with van der Waals surface area (Å²) in [5.74, 6) is -0.446. The van der Waals surface area contributed by atoms with Gasteiger partial charge in [-0.25, -0.2) is 4.79 Å². The number of aromatic nitrogens is 2. The van der Waals surface area contributed by atoms with Crippen molar-refractivity contribution in [2.45, 2.75) is 32.7 Å². The third kappa shape index (κ3) is 3.41. The quantitative estimate of drug-likeness (QED) is 0.708. The van der Waals surface area contributed by atoms with E-state index in [0.29, 0.717) is 16.6 Å². The Labute approximate surface area is 147 Å². The number of nitrogens with two attached hydrogens (primary N) is 1. The summed E-state index contributed by atoms with van der Waals surface area (Å²) in [5, 5.41) is 2.39. The molecule has 0 bridgehead atoms. The normalized spacial score (nSPS) is 11.1. The summed E-state index contributed by atoms with van der Waals surface area (Å²) >= 11 is 1.34. The lowest BCUT2D eigenvalue weighted by molar-refractivity contribution is -0.118. The van der Waals surface area contributed by atoms with Gasteiger partial charge in [0.25, 0.3) is 5.56 Å². The van der Waals surface area contributed by atoms with E-state index in [-0.39, 0.29) is 18.5 Å². The van der Waals surface area contributed by atoms with Crippen molar-refractivity contribution < 1.29 is 4.79 Å². The highest BCUT2D eigenvalue weighted by Gasteiger charge is 2.15. The minimum Gasteiger partial charge on any atom is -0.370 e. The van der Waals surface area contributed by atoms with E-state index in [0.717, 1.165) is 22.1 Å². The Morgan fingerprint density at radius 3 is 2.60 bits per heavy atom. The van der Waals surface area contributed by atoms with Crippen LogP contribution in [0.5, 0.6) is 0 Å². The van der Waals surface area contributed by atoms with E-state index in [4.69, 9.17) is 5.73 Å². The number of hydrogen-bond acceptors (Lipinski definition) is 4. The van der Waals surface area contributed by atoms with Crippen molar-refractivity contribution in [1.82, 2.24) is 9.55 Å². The van der Waals surface area contributed by atoms with Gasteiger partial charge in [-0.15, -0.1) is 11.3 Å². The fourth-order valence-corrected chi connectivity index (χ4v) is 3.75. The number of nitrogens with zero attached hydrogens (tertiary/aromatic N) is 1. The SMILES string of the molecule is CCc1ccc(-c2csc3[nH]c(=O)n(CCCC(N)=O)c(=O)c23)cc1. The topological polar surface area (TPSA) is 97.9 Å². The van der Waals surface area contributed by atoms with Gasteiger partial charge in [0.2, 0.25) is 5.91 Å². The van der Waals surface area contributed by atoms with Crippen LogP contribution in [0.25, 0.3) is 21.3 Å². The standard InChI is InChI=1S/C18H19N3O3S/c1-2-11-5-7-12(8-6-11)13-10-25-16-15(13)17(23)21(18(24)20-16)9-3-4-14(19)22/h5-8,10H,2-4,9H2,1H3,(H2,19,22)(H,20,24). The molecule has 0 saturated heterocycles. The first-order valence-corrected chi connectivity index (χ1v) is 9.01. The Bertz CT molecular complexity index is 1030. The van der Waals surface area contributed by atoms with Crippen molar-refractivity contribution in [3.05, 3.63) is 56.0 Å². The Morgan fingerprint density at radius 1 is 1.24 bits per heavy atom. The fourth-order valence-electron chi connectivity index (χ4n) is 2.80. The summed E-state index contributed by atoms with van der Waals surface area (Å²) in [6.07, 6.45) is 1.44. The number of primary amides is 1. The average molecular weight is 357 g/mol. The molecule has 1 amide bonds. The highest BCUT2D eigenvalue weighted by Crippen LogP contribution is 2.30. The minimum atomic E-state index is -0.461. The van der Waals surface area contributed by atoms with Gasteiger partial charge in [-0.3, -0.25) is 19.1 Å². The van der Waals surface area contributed by atoms with Crippen LogP contribution in [0.4, 0.5) is 0 Å². The summed E-state index contributed by atoms with van der Waals surface area (Å²) in [6, 6.07) is 8.05. The highest BCUT2D eigenvalue weighted by atomic mass is 32.1. The predicted molar refractivity (Wildman–Crippen MR) is 99.9 cm³/mol. The molecule has 2 heterocycles. The van der Waals surface area contributed by atoms with E-state index in [2.05, 4.69) is 11.9 Å². The molecule has 2 aromatic heterocycles. The molecule has 0 radical (unpaired) electrons. The first-order valence-electron chi connectivity index (χ1n) is 8.13. The molecule has 6 nitrogen and oxygen atoms in total. The van der Waals surface area contributed by atoms with Gasteiger partial charge in [-0.2, -0.15) is 0 Å². The van der Waals surface area contributed by atoms with Crippen molar-refractivity contribution >= 4 is 27.5 Å². The van der Waals surface area contributed by atoms with Crippen molar-refractivity contribution in [1.29, 1.82) is 0 Å². The number of rotatable bonds is 6. The van der Waals surface area contributed by atoms with Crippen LogP contribution in [0.1, 0.15) is 25.3 Å². The summed E-state index contributed by atoms with van der Waals surface area (Å²) in [4.78, 5) is 39.2. The monoisotopic (exact) mass is 357 g/mol. The number of benzene rings is 1. The fraction of sp³-hybridized carbons (Fsp3) is 0.278. The second-order valence-electron chi connectivity index (χ2n) is 5.86. The smallest absolute Gasteiger partial charge is 0.329 e. The lowest BCUT2D eigenvalue weighted by atomic mass is 10.0. The molecule has 0 aliphatic heterocycles. The first-order chi connectivity index (χ1) is 12.0. The van der Waals surface area contributed by atoms with Gasteiger partial charge < -0.3 is 5.73 Å². The maximum absolute atomic E-state index is 12.8. The van der Waals surface area contributed by atoms with Crippen molar-refractivity contribution in [2.75, 3.05) is 0 Å². The van der Waals surface area contributed by atoms with Gasteiger partial charge in [-0.05, 0) is 24.0 Å². The molecule has 0 atom stereocenters. The van der Waals surface area contributed by atoms with Gasteiger partial charge in [0, 0.05) is 23.9 Å². The Morgan fingerprint density at radius 2 is 1.96 bits per heavy atom. The minimum absolute atomic E-state index is 0.138. The average Bonchev–Trinajstić information content (AvgIpc) is 3.01. The van der Waals surface area contributed by atoms with Crippen LogP contribution in [0.15, 0.2) is 39.2 Å². The number of H-pyrrole nitrogens is 1. The van der Waals surface area contributed by atoms with Gasteiger partial charge in [-0.1, -0.05) is 31.2 Å². The number of carbonyl (C=O) groups excluding carboxylic acids is 1. The second-order valence-corrected chi connectivity index (χ2v) is 6.74. The molecule has 3 rings (SSSR count). The zero-order chi connectivity index (χ0) is 18.0. The van der Waals surface area contributed by atoms with E-state index in [9.17, 15) is 14.4 Å². The van der Waals surface area contributed by atoms with Gasteiger partial charge in [0.1, 0.15) is 4.83 Å². The highest BCUT2D eigenvalue weighted by molar-refractivity contribution is 7.17.